The van der Waals surface area contributed by atoms with Crippen molar-refractivity contribution in [2.75, 3.05) is 17.8 Å². The van der Waals surface area contributed by atoms with Crippen LogP contribution < -0.4 is 16.6 Å². The molecule has 0 aromatic carbocycles. The molecule has 2 rings (SSSR count). The molecular weight excluding hydrogens is 272 g/mol. The SMILES string of the molecule is CCCc1nc(NN)c(C)c(NC2CC(=O)N(C)C2=O)n1. The number of anilines is 2. The van der Waals surface area contributed by atoms with Gasteiger partial charge in [-0.2, -0.15) is 0 Å². The van der Waals surface area contributed by atoms with Gasteiger partial charge in [0, 0.05) is 19.0 Å². The Balaban J connectivity index is 2.29. The maximum absolute atomic E-state index is 12.0. The van der Waals surface area contributed by atoms with Crippen molar-refractivity contribution >= 4 is 23.5 Å². The minimum Gasteiger partial charge on any atom is -0.358 e. The fraction of sp³-hybridized carbons (Fsp3) is 0.538. The van der Waals surface area contributed by atoms with Crippen LogP contribution in [0.4, 0.5) is 11.6 Å². The van der Waals surface area contributed by atoms with Crippen molar-refractivity contribution in [2.45, 2.75) is 39.2 Å². The number of aryl methyl sites for hydroxylation is 1. The molecule has 0 radical (unpaired) electrons. The van der Waals surface area contributed by atoms with Crippen LogP contribution in [0.15, 0.2) is 0 Å². The van der Waals surface area contributed by atoms with Crippen LogP contribution in [0.3, 0.4) is 0 Å². The summed E-state index contributed by atoms with van der Waals surface area (Å²) in [6, 6.07) is -0.587. The molecule has 1 fully saturated rings. The topological polar surface area (TPSA) is 113 Å². The number of carbonyl (C=O) groups excluding carboxylic acids is 2. The summed E-state index contributed by atoms with van der Waals surface area (Å²) in [5.74, 6) is 6.70. The van der Waals surface area contributed by atoms with E-state index in [4.69, 9.17) is 5.84 Å². The molecule has 1 saturated heterocycles. The Kier molecular flexibility index (Phi) is 4.37. The van der Waals surface area contributed by atoms with E-state index in [1.54, 1.807) is 6.92 Å². The maximum Gasteiger partial charge on any atom is 0.251 e. The van der Waals surface area contributed by atoms with Crippen LogP contribution in [-0.2, 0) is 16.0 Å². The molecular formula is C13H20N6O2. The van der Waals surface area contributed by atoms with Gasteiger partial charge in [-0.1, -0.05) is 6.92 Å². The molecule has 1 aromatic heterocycles. The number of aromatic nitrogens is 2. The smallest absolute Gasteiger partial charge is 0.251 e. The van der Waals surface area contributed by atoms with Gasteiger partial charge < -0.3 is 10.7 Å². The van der Waals surface area contributed by atoms with Gasteiger partial charge in [0.25, 0.3) is 5.91 Å². The summed E-state index contributed by atoms with van der Waals surface area (Å²) in [4.78, 5) is 33.4. The number of hydrogen-bond donors (Lipinski definition) is 3. The first kappa shape index (κ1) is 15.2. The van der Waals surface area contributed by atoms with Crippen LogP contribution >= 0.6 is 0 Å². The molecule has 8 nitrogen and oxygen atoms in total. The zero-order valence-electron chi connectivity index (χ0n) is 12.4. The maximum atomic E-state index is 12.0. The van der Waals surface area contributed by atoms with Crippen LogP contribution in [0.1, 0.15) is 31.2 Å². The van der Waals surface area contributed by atoms with E-state index in [1.807, 2.05) is 6.92 Å². The van der Waals surface area contributed by atoms with Gasteiger partial charge in [-0.15, -0.1) is 0 Å². The number of carbonyl (C=O) groups is 2. The van der Waals surface area contributed by atoms with E-state index in [0.29, 0.717) is 29.4 Å². The highest BCUT2D eigenvalue weighted by Gasteiger charge is 2.36. The van der Waals surface area contributed by atoms with Gasteiger partial charge >= 0.3 is 0 Å². The van der Waals surface area contributed by atoms with Crippen molar-refractivity contribution in [3.63, 3.8) is 0 Å². The van der Waals surface area contributed by atoms with Gasteiger partial charge in [0.05, 0.1) is 6.42 Å². The van der Waals surface area contributed by atoms with Crippen molar-refractivity contribution in [1.82, 2.24) is 14.9 Å². The number of nitrogens with two attached hydrogens (primary N) is 1. The van der Waals surface area contributed by atoms with Crippen LogP contribution in [0.2, 0.25) is 0 Å². The number of hydrogen-bond acceptors (Lipinski definition) is 7. The summed E-state index contributed by atoms with van der Waals surface area (Å²) in [6.07, 6.45) is 1.74. The number of nitrogens with one attached hydrogen (secondary N) is 2. The van der Waals surface area contributed by atoms with Crippen molar-refractivity contribution in [3.05, 3.63) is 11.4 Å². The summed E-state index contributed by atoms with van der Waals surface area (Å²) in [6.45, 7) is 3.83. The standard InChI is InChI=1S/C13H20N6O2/c1-4-5-9-16-11(7(2)12(17-9)18-14)15-8-6-10(20)19(3)13(8)21/h8H,4-6,14H2,1-3H3,(H2,15,16,17,18). The molecule has 1 atom stereocenters. The third-order valence-corrected chi connectivity index (χ3v) is 3.49. The highest BCUT2D eigenvalue weighted by Crippen LogP contribution is 2.23. The molecule has 8 heteroatoms. The molecule has 1 aliphatic heterocycles. The summed E-state index contributed by atoms with van der Waals surface area (Å²) >= 11 is 0. The van der Waals surface area contributed by atoms with Crippen LogP contribution in [-0.4, -0.2) is 39.8 Å². The fourth-order valence-corrected chi connectivity index (χ4v) is 2.21. The molecule has 1 aliphatic rings. The highest BCUT2D eigenvalue weighted by atomic mass is 16.2. The molecule has 4 N–H and O–H groups in total. The van der Waals surface area contributed by atoms with E-state index in [0.717, 1.165) is 11.3 Å². The van der Waals surface area contributed by atoms with E-state index in [1.165, 1.54) is 7.05 Å². The van der Waals surface area contributed by atoms with E-state index in [2.05, 4.69) is 20.7 Å². The summed E-state index contributed by atoms with van der Waals surface area (Å²) in [5, 5.41) is 3.03. The second-order valence-electron chi connectivity index (χ2n) is 5.05. The average Bonchev–Trinajstić information content (AvgIpc) is 2.70. The third-order valence-electron chi connectivity index (χ3n) is 3.49. The lowest BCUT2D eigenvalue weighted by atomic mass is 10.2. The quantitative estimate of drug-likeness (QED) is 0.403. The molecule has 1 unspecified atom stereocenters. The van der Waals surface area contributed by atoms with Crippen LogP contribution in [0.25, 0.3) is 0 Å². The van der Waals surface area contributed by atoms with Crippen molar-refractivity contribution in [1.29, 1.82) is 0 Å². The van der Waals surface area contributed by atoms with Gasteiger partial charge in [0.15, 0.2) is 0 Å². The Morgan fingerprint density at radius 2 is 2.00 bits per heavy atom. The number of nitrogen functional groups attached to an aromatic ring is 1. The third kappa shape index (κ3) is 2.94. The zero-order valence-corrected chi connectivity index (χ0v) is 12.4. The number of likely N-dealkylation sites (tertiary alicyclic amines) is 1. The Morgan fingerprint density at radius 1 is 1.33 bits per heavy atom. The monoisotopic (exact) mass is 292 g/mol. The normalized spacial score (nSPS) is 18.3. The predicted molar refractivity (Wildman–Crippen MR) is 78.4 cm³/mol. The first-order valence-corrected chi connectivity index (χ1v) is 6.89. The molecule has 0 aliphatic carbocycles. The summed E-state index contributed by atoms with van der Waals surface area (Å²) in [5.41, 5.74) is 3.25. The molecule has 0 spiro atoms. The largest absolute Gasteiger partial charge is 0.358 e. The van der Waals surface area contributed by atoms with Gasteiger partial charge in [-0.05, 0) is 13.3 Å². The minimum absolute atomic E-state index is 0.132. The van der Waals surface area contributed by atoms with Gasteiger partial charge in [-0.25, -0.2) is 15.8 Å². The van der Waals surface area contributed by atoms with Crippen LogP contribution in [0.5, 0.6) is 0 Å². The van der Waals surface area contributed by atoms with Gasteiger partial charge in [-0.3, -0.25) is 14.5 Å². The molecule has 0 bridgehead atoms. The van der Waals surface area contributed by atoms with E-state index in [-0.39, 0.29) is 18.2 Å². The number of nitrogens with zero attached hydrogens (tertiary/aromatic N) is 3. The number of hydrazine groups is 1. The molecule has 114 valence electrons. The zero-order chi connectivity index (χ0) is 15.6. The molecule has 2 heterocycles. The molecule has 2 amide bonds. The molecule has 0 saturated carbocycles. The second kappa shape index (κ2) is 6.04. The number of amides is 2. The van der Waals surface area contributed by atoms with Gasteiger partial charge in [0.1, 0.15) is 23.5 Å². The summed E-state index contributed by atoms with van der Waals surface area (Å²) < 4.78 is 0. The number of likely N-dealkylation sites (N-methyl/N-ethyl adjacent to an activating group) is 1. The lowest BCUT2D eigenvalue weighted by Gasteiger charge is -2.16. The van der Waals surface area contributed by atoms with E-state index < -0.39 is 6.04 Å². The fourth-order valence-electron chi connectivity index (χ4n) is 2.21. The number of imide groups is 1. The Hall–Kier alpha value is -2.22. The van der Waals surface area contributed by atoms with Crippen LogP contribution in [0, 0.1) is 6.92 Å². The average molecular weight is 292 g/mol. The van der Waals surface area contributed by atoms with E-state index in [9.17, 15) is 9.59 Å². The van der Waals surface area contributed by atoms with Crippen molar-refractivity contribution < 1.29 is 9.59 Å². The predicted octanol–water partition coefficient (Wildman–Crippen LogP) is 0.192. The Morgan fingerprint density at radius 3 is 2.52 bits per heavy atom. The van der Waals surface area contributed by atoms with E-state index >= 15 is 0 Å². The minimum atomic E-state index is -0.587. The first-order valence-electron chi connectivity index (χ1n) is 6.89. The number of rotatable bonds is 5. The first-order chi connectivity index (χ1) is 9.97. The lowest BCUT2D eigenvalue weighted by Crippen LogP contribution is -2.32. The van der Waals surface area contributed by atoms with Crippen molar-refractivity contribution in [2.24, 2.45) is 5.84 Å². The second-order valence-corrected chi connectivity index (χ2v) is 5.05. The van der Waals surface area contributed by atoms with Crippen molar-refractivity contribution in [3.8, 4) is 0 Å². The Labute approximate surface area is 123 Å². The Bertz CT molecular complexity index is 574. The lowest BCUT2D eigenvalue weighted by molar-refractivity contribution is -0.136. The molecule has 21 heavy (non-hydrogen) atoms. The molecule has 1 aromatic rings. The van der Waals surface area contributed by atoms with Gasteiger partial charge in [0.2, 0.25) is 5.91 Å². The highest BCUT2D eigenvalue weighted by molar-refractivity contribution is 6.06. The summed E-state index contributed by atoms with van der Waals surface area (Å²) in [7, 11) is 1.48.